The molecule has 0 fully saturated rings. The molecule has 0 saturated heterocycles. The molecule has 27 heavy (non-hydrogen) atoms. The molecule has 0 saturated carbocycles. The highest BCUT2D eigenvalue weighted by Crippen LogP contribution is 2.13. The van der Waals surface area contributed by atoms with E-state index in [9.17, 15) is 14.4 Å². The third-order valence-corrected chi connectivity index (χ3v) is 4.09. The molecule has 2 amide bonds. The molecule has 1 aromatic rings. The molecule has 146 valence electrons. The van der Waals surface area contributed by atoms with Crippen LogP contribution in [0.15, 0.2) is 35.5 Å². The standard InChI is InChI=1S/C17H20BrN3O6/c1-25-15(22)8-13(16(23)19-9-12-7-14(18)21-27-12)20-17(24)26-10-11-5-3-2-4-6-11/h2-6,12-13H,7-10H2,1H3,(H,19,23)(H,20,24)/t12?,13-/m0/s1. The first-order chi connectivity index (χ1) is 13.0. The second-order valence-electron chi connectivity index (χ2n) is 5.68. The van der Waals surface area contributed by atoms with Crippen LogP contribution < -0.4 is 10.6 Å². The lowest BCUT2D eigenvalue weighted by Crippen LogP contribution is -2.49. The Hall–Kier alpha value is -2.62. The fraction of sp³-hybridized carbons (Fsp3) is 0.412. The van der Waals surface area contributed by atoms with Gasteiger partial charge in [-0.05, 0) is 21.5 Å². The zero-order valence-electron chi connectivity index (χ0n) is 14.6. The van der Waals surface area contributed by atoms with Gasteiger partial charge < -0.3 is 24.9 Å². The van der Waals surface area contributed by atoms with Crippen molar-refractivity contribution in [3.8, 4) is 0 Å². The number of amides is 2. The van der Waals surface area contributed by atoms with Crippen molar-refractivity contribution in [1.82, 2.24) is 10.6 Å². The Balaban J connectivity index is 1.85. The number of esters is 1. The topological polar surface area (TPSA) is 115 Å². The number of hydrogen-bond acceptors (Lipinski definition) is 7. The summed E-state index contributed by atoms with van der Waals surface area (Å²) in [6.07, 6.45) is -0.929. The summed E-state index contributed by atoms with van der Waals surface area (Å²) in [6, 6.07) is 7.94. The van der Waals surface area contributed by atoms with Gasteiger partial charge in [-0.3, -0.25) is 9.59 Å². The molecule has 0 aromatic heterocycles. The van der Waals surface area contributed by atoms with Gasteiger partial charge in [0.15, 0.2) is 6.10 Å². The number of rotatable bonds is 8. The second kappa shape index (κ2) is 10.5. The lowest BCUT2D eigenvalue weighted by atomic mass is 10.2. The molecule has 2 atom stereocenters. The van der Waals surface area contributed by atoms with Crippen molar-refractivity contribution in [2.24, 2.45) is 5.16 Å². The molecule has 1 heterocycles. The lowest BCUT2D eigenvalue weighted by molar-refractivity contribution is -0.143. The lowest BCUT2D eigenvalue weighted by Gasteiger charge is -2.18. The van der Waals surface area contributed by atoms with Gasteiger partial charge in [-0.1, -0.05) is 35.5 Å². The molecule has 2 N–H and O–H groups in total. The van der Waals surface area contributed by atoms with Crippen LogP contribution in [0.4, 0.5) is 4.79 Å². The van der Waals surface area contributed by atoms with Crippen molar-refractivity contribution in [2.45, 2.75) is 31.6 Å². The van der Waals surface area contributed by atoms with Gasteiger partial charge in [0, 0.05) is 6.42 Å². The number of nitrogens with one attached hydrogen (secondary N) is 2. The zero-order chi connectivity index (χ0) is 19.6. The van der Waals surface area contributed by atoms with Crippen LogP contribution >= 0.6 is 15.9 Å². The summed E-state index contributed by atoms with van der Waals surface area (Å²) in [6.45, 7) is 0.219. The fourth-order valence-electron chi connectivity index (χ4n) is 2.21. The maximum atomic E-state index is 12.3. The Kier molecular flexibility index (Phi) is 8.05. The highest BCUT2D eigenvalue weighted by atomic mass is 79.9. The number of nitrogens with zero attached hydrogens (tertiary/aromatic N) is 1. The minimum atomic E-state index is -1.13. The number of methoxy groups -OCH3 is 1. The molecule has 1 aliphatic heterocycles. The van der Waals surface area contributed by atoms with Gasteiger partial charge in [0.05, 0.1) is 20.1 Å². The first-order valence-corrected chi connectivity index (χ1v) is 8.97. The van der Waals surface area contributed by atoms with Crippen LogP contribution in [-0.4, -0.2) is 48.4 Å². The minimum Gasteiger partial charge on any atom is -0.469 e. The quantitative estimate of drug-likeness (QED) is 0.589. The van der Waals surface area contributed by atoms with Gasteiger partial charge in [0.25, 0.3) is 0 Å². The fourth-order valence-corrected chi connectivity index (χ4v) is 2.65. The SMILES string of the molecule is COC(=O)C[C@H](NC(=O)OCc1ccccc1)C(=O)NCC1CC(Br)=NO1. The second-order valence-corrected chi connectivity index (χ2v) is 6.60. The Labute approximate surface area is 164 Å². The van der Waals surface area contributed by atoms with E-state index in [-0.39, 0.29) is 25.7 Å². The summed E-state index contributed by atoms with van der Waals surface area (Å²) < 4.78 is 10.3. The number of oxime groups is 1. The third kappa shape index (κ3) is 7.26. The van der Waals surface area contributed by atoms with Crippen LogP contribution in [0.3, 0.4) is 0 Å². The third-order valence-electron chi connectivity index (χ3n) is 3.62. The summed E-state index contributed by atoms with van der Waals surface area (Å²) >= 11 is 3.20. The van der Waals surface area contributed by atoms with Gasteiger partial charge in [0.1, 0.15) is 17.3 Å². The maximum absolute atomic E-state index is 12.3. The predicted molar refractivity (Wildman–Crippen MR) is 99.0 cm³/mol. The number of benzene rings is 1. The number of ether oxygens (including phenoxy) is 2. The minimum absolute atomic E-state index is 0.0422. The number of halogens is 1. The van der Waals surface area contributed by atoms with Crippen molar-refractivity contribution < 1.29 is 28.7 Å². The number of carbonyl (C=O) groups is 3. The van der Waals surface area contributed by atoms with Crippen molar-refractivity contribution in [1.29, 1.82) is 0 Å². The van der Waals surface area contributed by atoms with E-state index in [1.54, 1.807) is 12.1 Å². The summed E-state index contributed by atoms with van der Waals surface area (Å²) in [5, 5.41) is 8.72. The van der Waals surface area contributed by atoms with E-state index in [4.69, 9.17) is 9.57 Å². The summed E-state index contributed by atoms with van der Waals surface area (Å²) in [5.41, 5.74) is 0.797. The molecular weight excluding hydrogens is 422 g/mol. The zero-order valence-corrected chi connectivity index (χ0v) is 16.2. The van der Waals surface area contributed by atoms with Gasteiger partial charge in [-0.2, -0.15) is 0 Å². The Morgan fingerprint density at radius 2 is 2.07 bits per heavy atom. The molecule has 9 nitrogen and oxygen atoms in total. The molecule has 2 rings (SSSR count). The van der Waals surface area contributed by atoms with Gasteiger partial charge in [-0.25, -0.2) is 4.79 Å². The molecule has 0 radical (unpaired) electrons. The Morgan fingerprint density at radius 3 is 2.70 bits per heavy atom. The van der Waals surface area contributed by atoms with Crippen LogP contribution in [0, 0.1) is 0 Å². The highest BCUT2D eigenvalue weighted by molar-refractivity contribution is 9.18. The normalized spacial score (nSPS) is 16.5. The molecule has 0 spiro atoms. The van der Waals surface area contributed by atoms with Gasteiger partial charge >= 0.3 is 12.1 Å². The van der Waals surface area contributed by atoms with Crippen LogP contribution in [0.2, 0.25) is 0 Å². The monoisotopic (exact) mass is 441 g/mol. The van der Waals surface area contributed by atoms with E-state index in [0.717, 1.165) is 5.56 Å². The van der Waals surface area contributed by atoms with E-state index >= 15 is 0 Å². The van der Waals surface area contributed by atoms with Gasteiger partial charge in [0.2, 0.25) is 5.91 Å². The molecule has 1 unspecified atom stereocenters. The van der Waals surface area contributed by atoms with Crippen LogP contribution in [0.25, 0.3) is 0 Å². The number of carbonyl (C=O) groups excluding carboxylic acids is 3. The molecule has 10 heteroatoms. The molecule has 1 aliphatic rings. The molecule has 1 aromatic carbocycles. The van der Waals surface area contributed by atoms with Crippen molar-refractivity contribution in [3.05, 3.63) is 35.9 Å². The van der Waals surface area contributed by atoms with E-state index in [0.29, 0.717) is 11.0 Å². The van der Waals surface area contributed by atoms with Crippen molar-refractivity contribution in [3.63, 3.8) is 0 Å². The predicted octanol–water partition coefficient (Wildman–Crippen LogP) is 1.46. The first kappa shape index (κ1) is 20.7. The highest BCUT2D eigenvalue weighted by Gasteiger charge is 2.27. The number of hydrogen-bond donors (Lipinski definition) is 2. The smallest absolute Gasteiger partial charge is 0.408 e. The Morgan fingerprint density at radius 1 is 1.33 bits per heavy atom. The van der Waals surface area contributed by atoms with E-state index in [1.165, 1.54) is 7.11 Å². The molecular formula is C17H20BrN3O6. The summed E-state index contributed by atoms with van der Waals surface area (Å²) in [5.74, 6) is -1.19. The van der Waals surface area contributed by atoms with E-state index < -0.39 is 24.0 Å². The first-order valence-electron chi connectivity index (χ1n) is 8.18. The summed E-state index contributed by atoms with van der Waals surface area (Å²) in [7, 11) is 1.20. The molecule has 0 aliphatic carbocycles. The van der Waals surface area contributed by atoms with Crippen molar-refractivity contribution in [2.75, 3.05) is 13.7 Å². The van der Waals surface area contributed by atoms with Gasteiger partial charge in [-0.15, -0.1) is 0 Å². The average molecular weight is 442 g/mol. The Bertz CT molecular complexity index is 697. The average Bonchev–Trinajstić information content (AvgIpc) is 3.09. The molecule has 0 bridgehead atoms. The van der Waals surface area contributed by atoms with Crippen LogP contribution in [-0.2, 0) is 30.5 Å². The summed E-state index contributed by atoms with van der Waals surface area (Å²) in [4.78, 5) is 41.0. The maximum Gasteiger partial charge on any atom is 0.408 e. The van der Waals surface area contributed by atoms with Crippen molar-refractivity contribution >= 4 is 38.5 Å². The number of alkyl carbamates (subject to hydrolysis) is 1. The van der Waals surface area contributed by atoms with Crippen LogP contribution in [0.1, 0.15) is 18.4 Å². The van der Waals surface area contributed by atoms with E-state index in [1.807, 2.05) is 18.2 Å². The largest absolute Gasteiger partial charge is 0.469 e. The van der Waals surface area contributed by atoms with E-state index in [2.05, 4.69) is 36.5 Å². The van der Waals surface area contributed by atoms with Crippen LogP contribution in [0.5, 0.6) is 0 Å².